The SMILES string of the molecule is Cc1nnc(COc2c(Cl)cc(Br)cc2S(N)(=O)=O)o1. The maximum atomic E-state index is 11.5. The Morgan fingerprint density at radius 1 is 1.45 bits per heavy atom. The molecule has 0 aliphatic heterocycles. The monoisotopic (exact) mass is 381 g/mol. The molecule has 2 N–H and O–H groups in total. The summed E-state index contributed by atoms with van der Waals surface area (Å²) in [7, 11) is -3.98. The summed E-state index contributed by atoms with van der Waals surface area (Å²) in [5.41, 5.74) is 0. The lowest BCUT2D eigenvalue weighted by Gasteiger charge is -2.11. The van der Waals surface area contributed by atoms with Gasteiger partial charge in [-0.1, -0.05) is 27.5 Å². The largest absolute Gasteiger partial charge is 0.481 e. The van der Waals surface area contributed by atoms with Crippen molar-refractivity contribution in [3.8, 4) is 5.75 Å². The van der Waals surface area contributed by atoms with Crippen LogP contribution in [0, 0.1) is 6.92 Å². The minimum atomic E-state index is -3.98. The molecular formula is C10H9BrClN3O4S. The third-order valence-corrected chi connectivity index (χ3v) is 3.84. The first-order valence-electron chi connectivity index (χ1n) is 5.21. The molecule has 1 aromatic heterocycles. The van der Waals surface area contributed by atoms with Crippen LogP contribution in [0.25, 0.3) is 0 Å². The van der Waals surface area contributed by atoms with E-state index in [0.717, 1.165) is 0 Å². The Kier molecular flexibility index (Phi) is 4.33. The molecule has 0 atom stereocenters. The number of hydrogen-bond acceptors (Lipinski definition) is 6. The minimum Gasteiger partial charge on any atom is -0.481 e. The average Bonchev–Trinajstić information content (AvgIpc) is 2.72. The second kappa shape index (κ2) is 5.68. The molecule has 0 amide bonds. The van der Waals surface area contributed by atoms with Gasteiger partial charge in [0.25, 0.3) is 5.89 Å². The second-order valence-corrected chi connectivity index (χ2v) is 6.62. The van der Waals surface area contributed by atoms with Gasteiger partial charge in [0.2, 0.25) is 15.9 Å². The molecule has 0 aliphatic carbocycles. The molecule has 10 heteroatoms. The molecule has 0 unspecified atom stereocenters. The fraction of sp³-hybridized carbons (Fsp3) is 0.200. The van der Waals surface area contributed by atoms with Crippen molar-refractivity contribution >= 4 is 37.6 Å². The van der Waals surface area contributed by atoms with E-state index in [-0.39, 0.29) is 28.2 Å². The smallest absolute Gasteiger partial charge is 0.253 e. The van der Waals surface area contributed by atoms with E-state index in [1.165, 1.54) is 12.1 Å². The summed E-state index contributed by atoms with van der Waals surface area (Å²) in [5.74, 6) is 0.507. The van der Waals surface area contributed by atoms with Crippen molar-refractivity contribution in [1.82, 2.24) is 10.2 Å². The number of sulfonamides is 1. The Hall–Kier alpha value is -1.16. The van der Waals surface area contributed by atoms with E-state index in [9.17, 15) is 8.42 Å². The molecule has 20 heavy (non-hydrogen) atoms. The Labute approximate surface area is 128 Å². The third-order valence-electron chi connectivity index (χ3n) is 2.19. The van der Waals surface area contributed by atoms with Crippen molar-refractivity contribution in [1.29, 1.82) is 0 Å². The lowest BCUT2D eigenvalue weighted by Crippen LogP contribution is -2.14. The number of primary sulfonamides is 1. The maximum Gasteiger partial charge on any atom is 0.253 e. The zero-order valence-electron chi connectivity index (χ0n) is 10.1. The summed E-state index contributed by atoms with van der Waals surface area (Å²) in [5, 5.41) is 12.6. The molecule has 0 aliphatic rings. The van der Waals surface area contributed by atoms with Crippen molar-refractivity contribution in [3.05, 3.63) is 33.4 Å². The van der Waals surface area contributed by atoms with E-state index in [0.29, 0.717) is 10.4 Å². The lowest BCUT2D eigenvalue weighted by atomic mass is 10.3. The Bertz CT molecular complexity index is 747. The molecule has 1 heterocycles. The summed E-state index contributed by atoms with van der Waals surface area (Å²) >= 11 is 9.11. The van der Waals surface area contributed by atoms with Gasteiger partial charge >= 0.3 is 0 Å². The van der Waals surface area contributed by atoms with Crippen molar-refractivity contribution in [2.75, 3.05) is 0 Å². The fourth-order valence-electron chi connectivity index (χ4n) is 1.42. The third kappa shape index (κ3) is 3.48. The Morgan fingerprint density at radius 3 is 2.70 bits per heavy atom. The summed E-state index contributed by atoms with van der Waals surface area (Å²) in [6.45, 7) is 1.50. The molecule has 7 nitrogen and oxygen atoms in total. The number of aryl methyl sites for hydroxylation is 1. The average molecular weight is 383 g/mol. The highest BCUT2D eigenvalue weighted by Crippen LogP contribution is 2.35. The van der Waals surface area contributed by atoms with Crippen LogP contribution in [-0.4, -0.2) is 18.6 Å². The van der Waals surface area contributed by atoms with Crippen molar-refractivity contribution in [2.45, 2.75) is 18.4 Å². The van der Waals surface area contributed by atoms with Gasteiger partial charge in [-0.05, 0) is 12.1 Å². The first kappa shape index (κ1) is 15.2. The number of ether oxygens (including phenoxy) is 1. The van der Waals surface area contributed by atoms with Crippen LogP contribution < -0.4 is 9.88 Å². The van der Waals surface area contributed by atoms with Gasteiger partial charge in [0.15, 0.2) is 12.4 Å². The summed E-state index contributed by atoms with van der Waals surface area (Å²) in [4.78, 5) is -0.229. The highest BCUT2D eigenvalue weighted by molar-refractivity contribution is 9.10. The first-order chi connectivity index (χ1) is 9.27. The van der Waals surface area contributed by atoms with E-state index in [1.807, 2.05) is 0 Å². The number of nitrogens with two attached hydrogens (primary N) is 1. The Morgan fingerprint density at radius 2 is 2.15 bits per heavy atom. The van der Waals surface area contributed by atoms with Gasteiger partial charge in [-0.25, -0.2) is 13.6 Å². The predicted molar refractivity (Wildman–Crippen MR) is 73.9 cm³/mol. The predicted octanol–water partition coefficient (Wildman–Crippen LogP) is 2.02. The van der Waals surface area contributed by atoms with Crippen LogP contribution in [0.1, 0.15) is 11.8 Å². The molecule has 1 aromatic carbocycles. The lowest BCUT2D eigenvalue weighted by molar-refractivity contribution is 0.254. The van der Waals surface area contributed by atoms with Gasteiger partial charge in [0.1, 0.15) is 4.90 Å². The van der Waals surface area contributed by atoms with E-state index >= 15 is 0 Å². The quantitative estimate of drug-likeness (QED) is 0.866. The number of benzene rings is 1. The Balaban J connectivity index is 2.35. The van der Waals surface area contributed by atoms with Crippen LogP contribution in [0.5, 0.6) is 5.75 Å². The number of rotatable bonds is 4. The standard InChI is InChI=1S/C10H9BrClN3O4S/c1-5-14-15-9(19-5)4-18-10-7(12)2-6(11)3-8(10)20(13,16)17/h2-3H,4H2,1H3,(H2,13,16,17). The van der Waals surface area contributed by atoms with Crippen LogP contribution in [0.15, 0.2) is 25.9 Å². The van der Waals surface area contributed by atoms with E-state index in [1.54, 1.807) is 6.92 Å². The zero-order chi connectivity index (χ0) is 14.9. The normalized spacial score (nSPS) is 11.6. The van der Waals surface area contributed by atoms with Crippen LogP contribution in [-0.2, 0) is 16.6 Å². The summed E-state index contributed by atoms with van der Waals surface area (Å²) in [6.07, 6.45) is 0. The number of halogens is 2. The van der Waals surface area contributed by atoms with Gasteiger partial charge in [-0.2, -0.15) is 0 Å². The number of nitrogens with zero attached hydrogens (tertiary/aromatic N) is 2. The fourth-order valence-corrected chi connectivity index (χ4v) is 3.21. The highest BCUT2D eigenvalue weighted by atomic mass is 79.9. The van der Waals surface area contributed by atoms with Crippen LogP contribution in [0.2, 0.25) is 5.02 Å². The minimum absolute atomic E-state index is 0.0618. The molecule has 0 saturated heterocycles. The topological polar surface area (TPSA) is 108 Å². The van der Waals surface area contributed by atoms with Crippen LogP contribution in [0.4, 0.5) is 0 Å². The molecule has 2 rings (SSSR count). The molecule has 0 spiro atoms. The van der Waals surface area contributed by atoms with E-state index in [2.05, 4.69) is 26.1 Å². The zero-order valence-corrected chi connectivity index (χ0v) is 13.3. The number of hydrogen-bond donors (Lipinski definition) is 1. The summed E-state index contributed by atoms with van der Waals surface area (Å²) in [6, 6.07) is 2.79. The second-order valence-electron chi connectivity index (χ2n) is 3.76. The highest BCUT2D eigenvalue weighted by Gasteiger charge is 2.20. The molecule has 0 saturated carbocycles. The van der Waals surface area contributed by atoms with Crippen molar-refractivity contribution in [3.63, 3.8) is 0 Å². The van der Waals surface area contributed by atoms with Crippen LogP contribution >= 0.6 is 27.5 Å². The molecule has 108 valence electrons. The van der Waals surface area contributed by atoms with Gasteiger partial charge in [0, 0.05) is 11.4 Å². The van der Waals surface area contributed by atoms with Crippen molar-refractivity contribution in [2.24, 2.45) is 5.14 Å². The first-order valence-corrected chi connectivity index (χ1v) is 7.92. The molecule has 0 fully saturated rings. The van der Waals surface area contributed by atoms with Gasteiger partial charge in [0.05, 0.1) is 5.02 Å². The van der Waals surface area contributed by atoms with E-state index < -0.39 is 10.0 Å². The van der Waals surface area contributed by atoms with Crippen molar-refractivity contribution < 1.29 is 17.6 Å². The van der Waals surface area contributed by atoms with Gasteiger partial charge in [-0.3, -0.25) is 0 Å². The van der Waals surface area contributed by atoms with Gasteiger partial charge < -0.3 is 9.15 Å². The molecule has 0 radical (unpaired) electrons. The molecular weight excluding hydrogens is 374 g/mol. The number of aromatic nitrogens is 2. The van der Waals surface area contributed by atoms with Crippen LogP contribution in [0.3, 0.4) is 0 Å². The van der Waals surface area contributed by atoms with E-state index in [4.69, 9.17) is 25.9 Å². The molecule has 0 bridgehead atoms. The summed E-state index contributed by atoms with van der Waals surface area (Å²) < 4.78 is 34.0. The maximum absolute atomic E-state index is 11.5. The molecule has 2 aromatic rings. The van der Waals surface area contributed by atoms with Gasteiger partial charge in [-0.15, -0.1) is 10.2 Å².